The Morgan fingerprint density at radius 1 is 1.10 bits per heavy atom. The number of fused-ring (bicyclic) bond motifs is 3. The van der Waals surface area contributed by atoms with Gasteiger partial charge >= 0.3 is 5.97 Å². The summed E-state index contributed by atoms with van der Waals surface area (Å²) in [5, 5.41) is 33.7. The summed E-state index contributed by atoms with van der Waals surface area (Å²) in [5.41, 5.74) is 2.96. The highest BCUT2D eigenvalue weighted by molar-refractivity contribution is 6.11. The average molecular weight is 714 g/mol. The van der Waals surface area contributed by atoms with E-state index in [1.165, 1.54) is 0 Å². The number of aldehydes is 1. The second kappa shape index (κ2) is 14.9. The summed E-state index contributed by atoms with van der Waals surface area (Å²) >= 11 is 0. The van der Waals surface area contributed by atoms with E-state index in [0.717, 1.165) is 54.1 Å². The maximum absolute atomic E-state index is 13.6. The predicted octanol–water partition coefficient (Wildman–Crippen LogP) is 5.76. The molecule has 52 heavy (non-hydrogen) atoms. The molecule has 3 unspecified atom stereocenters. The summed E-state index contributed by atoms with van der Waals surface area (Å²) < 4.78 is 24.7. The molecule has 3 atom stereocenters. The molecular weight excluding hydrogens is 666 g/mol. The molecule has 3 aromatic rings. The van der Waals surface area contributed by atoms with Gasteiger partial charge in [0.1, 0.15) is 34.7 Å². The predicted molar refractivity (Wildman–Crippen MR) is 192 cm³/mol. The molecule has 1 aromatic heterocycles. The molecule has 11 nitrogen and oxygen atoms in total. The lowest BCUT2D eigenvalue weighted by Gasteiger charge is -2.39. The highest BCUT2D eigenvalue weighted by Gasteiger charge is 2.48. The average Bonchev–Trinajstić information content (AvgIpc) is 3.83. The number of allylic oxidation sites excluding steroid dienone is 3. The normalized spacial score (nSPS) is 23.1. The maximum Gasteiger partial charge on any atom is 0.375 e. The number of nitrogens with one attached hydrogen (secondary N) is 1. The lowest BCUT2D eigenvalue weighted by molar-refractivity contribution is -0.141. The Labute approximate surface area is 302 Å². The van der Waals surface area contributed by atoms with Crippen LogP contribution in [0.2, 0.25) is 0 Å². The highest BCUT2D eigenvalue weighted by atomic mass is 16.6. The van der Waals surface area contributed by atoms with Crippen LogP contribution in [-0.2, 0) is 32.1 Å². The fraction of sp³-hybridized carbons (Fsp3) is 0.488. The summed E-state index contributed by atoms with van der Waals surface area (Å²) in [7, 11) is 0. The first-order valence-corrected chi connectivity index (χ1v) is 18.5. The van der Waals surface area contributed by atoms with Gasteiger partial charge in [-0.1, -0.05) is 30.9 Å². The lowest BCUT2D eigenvalue weighted by atomic mass is 9.74. The lowest BCUT2D eigenvalue weighted by Crippen LogP contribution is -2.49. The third kappa shape index (κ3) is 6.33. The monoisotopic (exact) mass is 713 g/mol. The molecule has 2 fully saturated rings. The van der Waals surface area contributed by atoms with Crippen molar-refractivity contribution in [2.45, 2.75) is 102 Å². The fourth-order valence-corrected chi connectivity index (χ4v) is 8.61. The van der Waals surface area contributed by atoms with Crippen molar-refractivity contribution in [2.75, 3.05) is 19.8 Å². The zero-order valence-electron chi connectivity index (χ0n) is 29.8. The molecule has 0 amide bonds. The number of rotatable bonds is 11. The van der Waals surface area contributed by atoms with Crippen molar-refractivity contribution in [2.24, 2.45) is 5.92 Å². The number of hydrogen-bond acceptors (Lipinski definition) is 10. The first kappa shape index (κ1) is 35.9. The Morgan fingerprint density at radius 3 is 2.63 bits per heavy atom. The van der Waals surface area contributed by atoms with Gasteiger partial charge in [0.05, 0.1) is 36.5 Å². The summed E-state index contributed by atoms with van der Waals surface area (Å²) in [4.78, 5) is 43.4. The minimum Gasteiger partial charge on any atom is -0.492 e. The van der Waals surface area contributed by atoms with Crippen LogP contribution in [0.3, 0.4) is 0 Å². The second-order valence-corrected chi connectivity index (χ2v) is 14.5. The third-order valence-corrected chi connectivity index (χ3v) is 11.4. The van der Waals surface area contributed by atoms with E-state index in [9.17, 15) is 29.7 Å². The Balaban J connectivity index is 1.43. The van der Waals surface area contributed by atoms with Gasteiger partial charge in [0.25, 0.3) is 0 Å². The number of carbonyl (C=O) groups is 3. The van der Waals surface area contributed by atoms with E-state index in [-0.39, 0.29) is 73.4 Å². The Hall–Kier alpha value is -4.45. The fourth-order valence-electron chi connectivity index (χ4n) is 8.61. The summed E-state index contributed by atoms with van der Waals surface area (Å²) in [6.07, 6.45) is 8.05. The van der Waals surface area contributed by atoms with Crippen LogP contribution < -0.4 is 14.2 Å². The number of hydrogen-bond donors (Lipinski definition) is 4. The van der Waals surface area contributed by atoms with E-state index < -0.39 is 30.2 Å². The number of H-pyrrole nitrogens is 1. The van der Waals surface area contributed by atoms with Crippen LogP contribution in [0.25, 0.3) is 16.5 Å². The zero-order chi connectivity index (χ0) is 36.6. The minimum absolute atomic E-state index is 0.0152. The SMILES string of the molecule is CCOC(=O)C1=C(C=O)C(=C2CCC(=O)C(c3ccc4[nH]ccc4c3)C2)c2c(OCCCO)c3c(c(CO)c2O1)OC(C(C)(O)C1CCCCC1)C3. The first-order chi connectivity index (χ1) is 25.2. The largest absolute Gasteiger partial charge is 0.492 e. The number of aliphatic hydroxyl groups excluding tert-OH is 2. The van der Waals surface area contributed by atoms with E-state index in [1.54, 1.807) is 6.92 Å². The van der Waals surface area contributed by atoms with Crippen LogP contribution in [0.1, 0.15) is 99.8 Å². The van der Waals surface area contributed by atoms with Crippen LogP contribution in [0.4, 0.5) is 0 Å². The van der Waals surface area contributed by atoms with Crippen LogP contribution in [0.15, 0.2) is 47.4 Å². The molecule has 3 heterocycles. The Morgan fingerprint density at radius 2 is 1.90 bits per heavy atom. The molecule has 2 saturated carbocycles. The third-order valence-electron chi connectivity index (χ3n) is 11.4. The number of aromatic amines is 1. The van der Waals surface area contributed by atoms with Crippen molar-refractivity contribution in [1.82, 2.24) is 4.98 Å². The smallest absolute Gasteiger partial charge is 0.375 e. The quantitative estimate of drug-likeness (QED) is 0.109. The van der Waals surface area contributed by atoms with E-state index in [4.69, 9.17) is 18.9 Å². The van der Waals surface area contributed by atoms with Gasteiger partial charge < -0.3 is 39.3 Å². The van der Waals surface area contributed by atoms with Gasteiger partial charge in [-0.2, -0.15) is 0 Å². The Kier molecular flexibility index (Phi) is 10.3. The number of carbonyl (C=O) groups excluding carboxylic acids is 3. The summed E-state index contributed by atoms with van der Waals surface area (Å²) in [5.74, 6) is -0.860. The molecule has 4 N–H and O–H groups in total. The van der Waals surface area contributed by atoms with Crippen molar-refractivity contribution in [3.63, 3.8) is 0 Å². The molecule has 2 aliphatic carbocycles. The van der Waals surface area contributed by atoms with Crippen LogP contribution in [0, 0.1) is 5.92 Å². The van der Waals surface area contributed by atoms with E-state index >= 15 is 0 Å². The zero-order valence-corrected chi connectivity index (χ0v) is 29.8. The van der Waals surface area contributed by atoms with Crippen LogP contribution in [0.5, 0.6) is 17.2 Å². The van der Waals surface area contributed by atoms with Gasteiger partial charge in [-0.25, -0.2) is 4.79 Å². The summed E-state index contributed by atoms with van der Waals surface area (Å²) in [6, 6.07) is 7.83. The van der Waals surface area contributed by atoms with E-state index in [1.807, 2.05) is 37.4 Å². The second-order valence-electron chi connectivity index (χ2n) is 14.5. The maximum atomic E-state index is 13.6. The number of ketones is 1. The molecule has 0 radical (unpaired) electrons. The topological polar surface area (TPSA) is 165 Å². The molecule has 276 valence electrons. The molecule has 2 aliphatic heterocycles. The number of esters is 1. The number of Topliss-reactive ketones (excluding diaryl/α,β-unsaturated/α-hetero) is 1. The van der Waals surface area contributed by atoms with E-state index in [0.29, 0.717) is 47.3 Å². The molecular formula is C41H47NO10. The number of aromatic nitrogens is 1. The van der Waals surface area contributed by atoms with Crippen molar-refractivity contribution in [1.29, 1.82) is 0 Å². The van der Waals surface area contributed by atoms with Crippen LogP contribution >= 0.6 is 0 Å². The van der Waals surface area contributed by atoms with Gasteiger partial charge in [0, 0.05) is 54.6 Å². The summed E-state index contributed by atoms with van der Waals surface area (Å²) in [6.45, 7) is 2.95. The highest BCUT2D eigenvalue weighted by Crippen LogP contribution is 2.57. The molecule has 4 aliphatic rings. The number of ether oxygens (including phenoxy) is 4. The molecule has 2 aromatic carbocycles. The molecule has 11 heteroatoms. The van der Waals surface area contributed by atoms with Crippen molar-refractivity contribution in [3.8, 4) is 17.2 Å². The van der Waals surface area contributed by atoms with Gasteiger partial charge in [-0.3, -0.25) is 9.59 Å². The van der Waals surface area contributed by atoms with Gasteiger partial charge in [0.15, 0.2) is 6.29 Å². The van der Waals surface area contributed by atoms with Crippen molar-refractivity contribution in [3.05, 3.63) is 69.6 Å². The van der Waals surface area contributed by atoms with Crippen LogP contribution in [-0.4, -0.2) is 69.9 Å². The molecule has 0 bridgehead atoms. The number of aliphatic hydroxyl groups is 3. The van der Waals surface area contributed by atoms with Gasteiger partial charge in [-0.05, 0) is 74.6 Å². The number of benzene rings is 2. The molecule has 0 saturated heterocycles. The van der Waals surface area contributed by atoms with Gasteiger partial charge in [0.2, 0.25) is 5.76 Å². The standard InChI is InChI=1S/C41H47NO10/c1-3-49-40(47)39-29(21-44)34(25-11-13-32(46)27(19-25)23-10-12-31-24(18-23)14-15-42-31)35-37(50-17-7-16-43)28-20-33(41(2,48)26-8-5-4-6-9-26)51-36(28)30(22-45)38(35)52-39/h10,12,14-15,18,21,26-27,33,42-43,45,48H,3-9,11,13,16-17,19-20,22H2,1-2H3. The van der Waals surface area contributed by atoms with Crippen molar-refractivity contribution < 1.29 is 48.7 Å². The van der Waals surface area contributed by atoms with Crippen molar-refractivity contribution >= 4 is 34.5 Å². The van der Waals surface area contributed by atoms with E-state index in [2.05, 4.69) is 4.98 Å². The Bertz CT molecular complexity index is 1950. The van der Waals surface area contributed by atoms with Gasteiger partial charge in [-0.15, -0.1) is 0 Å². The molecule has 7 rings (SSSR count). The minimum atomic E-state index is -1.20. The first-order valence-electron chi connectivity index (χ1n) is 18.5. The molecule has 0 spiro atoms.